The molecule has 1 unspecified atom stereocenters. The third kappa shape index (κ3) is 3.51. The molecule has 1 fully saturated rings. The summed E-state index contributed by atoms with van der Waals surface area (Å²) in [5.41, 5.74) is 13.8. The zero-order valence-corrected chi connectivity index (χ0v) is 16.2. The predicted octanol–water partition coefficient (Wildman–Crippen LogP) is 4.94. The first-order chi connectivity index (χ1) is 13.0. The number of aryl methyl sites for hydroxylation is 2. The van der Waals surface area contributed by atoms with E-state index in [-0.39, 0.29) is 0 Å². The van der Waals surface area contributed by atoms with Crippen LogP contribution in [-0.4, -0.2) is 16.4 Å². The number of likely N-dealkylation sites (tertiary alicyclic amines) is 1. The van der Waals surface area contributed by atoms with Gasteiger partial charge in [0.2, 0.25) is 0 Å². The van der Waals surface area contributed by atoms with E-state index in [1.807, 2.05) is 6.20 Å². The minimum atomic E-state index is 0.379. The van der Waals surface area contributed by atoms with Crippen LogP contribution in [0.4, 0.5) is 0 Å². The van der Waals surface area contributed by atoms with Gasteiger partial charge >= 0.3 is 0 Å². The summed E-state index contributed by atoms with van der Waals surface area (Å²) in [7, 11) is 0. The first kappa shape index (κ1) is 17.8. The van der Waals surface area contributed by atoms with Crippen LogP contribution >= 0.6 is 0 Å². The molecular formula is C24H29N3. The van der Waals surface area contributed by atoms with Crippen molar-refractivity contribution in [3.05, 3.63) is 77.6 Å². The minimum Gasteiger partial charge on any atom is -0.399 e. The molecule has 140 valence electrons. The molecule has 1 aromatic heterocycles. The fourth-order valence-corrected chi connectivity index (χ4v) is 4.54. The highest BCUT2D eigenvalue weighted by Crippen LogP contribution is 2.39. The second-order valence-corrected chi connectivity index (χ2v) is 8.17. The summed E-state index contributed by atoms with van der Waals surface area (Å²) in [5, 5.41) is 0. The van der Waals surface area contributed by atoms with Gasteiger partial charge in [0.25, 0.3) is 0 Å². The minimum absolute atomic E-state index is 0.379. The van der Waals surface area contributed by atoms with E-state index in [0.29, 0.717) is 17.7 Å². The second kappa shape index (κ2) is 7.22. The molecule has 1 saturated heterocycles. The summed E-state index contributed by atoms with van der Waals surface area (Å²) < 4.78 is 0. The Morgan fingerprint density at radius 3 is 2.67 bits per heavy atom. The molecule has 0 spiro atoms. The van der Waals surface area contributed by atoms with E-state index in [4.69, 9.17) is 5.73 Å². The van der Waals surface area contributed by atoms with Gasteiger partial charge in [-0.05, 0) is 60.8 Å². The molecule has 1 aliphatic carbocycles. The molecule has 0 bridgehead atoms. The number of piperidine rings is 1. The number of fused-ring (bicyclic) bond motifs is 1. The highest BCUT2D eigenvalue weighted by Gasteiger charge is 2.29. The van der Waals surface area contributed by atoms with Gasteiger partial charge in [-0.2, -0.15) is 0 Å². The molecule has 4 rings (SSSR count). The van der Waals surface area contributed by atoms with Gasteiger partial charge in [0.1, 0.15) is 0 Å². The molecule has 3 nitrogen and oxygen atoms in total. The van der Waals surface area contributed by atoms with E-state index in [2.05, 4.69) is 54.2 Å². The van der Waals surface area contributed by atoms with Crippen molar-refractivity contribution in [1.82, 2.24) is 9.88 Å². The monoisotopic (exact) mass is 359 g/mol. The van der Waals surface area contributed by atoms with Crippen molar-refractivity contribution >= 4 is 11.4 Å². The van der Waals surface area contributed by atoms with E-state index in [1.165, 1.54) is 36.8 Å². The lowest BCUT2D eigenvalue weighted by atomic mass is 9.88. The quantitative estimate of drug-likeness (QED) is 0.840. The largest absolute Gasteiger partial charge is 0.399 e. The molecule has 3 heteroatoms. The lowest BCUT2D eigenvalue weighted by Gasteiger charge is -2.42. The fourth-order valence-electron chi connectivity index (χ4n) is 4.54. The van der Waals surface area contributed by atoms with Gasteiger partial charge in [-0.1, -0.05) is 38.3 Å². The van der Waals surface area contributed by atoms with E-state index in [9.17, 15) is 0 Å². The number of hydrogen-bond acceptors (Lipinski definition) is 3. The topological polar surface area (TPSA) is 42.1 Å². The molecule has 27 heavy (non-hydrogen) atoms. The Kier molecular flexibility index (Phi) is 4.77. The van der Waals surface area contributed by atoms with Gasteiger partial charge in [-0.15, -0.1) is 0 Å². The molecular weight excluding hydrogens is 330 g/mol. The van der Waals surface area contributed by atoms with Crippen LogP contribution in [0.3, 0.4) is 0 Å². The van der Waals surface area contributed by atoms with Gasteiger partial charge in [0.05, 0.1) is 6.04 Å². The van der Waals surface area contributed by atoms with Gasteiger partial charge < -0.3 is 10.6 Å². The highest BCUT2D eigenvalue weighted by molar-refractivity contribution is 5.68. The maximum atomic E-state index is 5.88. The number of hydrogen-bond donors (Lipinski definition) is 1. The van der Waals surface area contributed by atoms with Gasteiger partial charge in [0.15, 0.2) is 0 Å². The van der Waals surface area contributed by atoms with Crippen LogP contribution in [0.2, 0.25) is 0 Å². The lowest BCUT2D eigenvalue weighted by molar-refractivity contribution is 0.183. The molecule has 2 aromatic rings. The van der Waals surface area contributed by atoms with Crippen molar-refractivity contribution in [3.8, 4) is 0 Å². The Balaban J connectivity index is 1.66. The summed E-state index contributed by atoms with van der Waals surface area (Å²) in [4.78, 5) is 6.83. The second-order valence-electron chi connectivity index (χ2n) is 8.17. The maximum absolute atomic E-state index is 5.88. The Morgan fingerprint density at radius 1 is 1.07 bits per heavy atom. The number of nitrogens with zero attached hydrogens (tertiary/aromatic N) is 2. The third-order valence-electron chi connectivity index (χ3n) is 6.11. The SMILES string of the molecule is C=C(N)c1cncc(C(=C)N2C[C@H](C)CCC2c2ccc3c(c2)CCC3)c1. The van der Waals surface area contributed by atoms with Crippen molar-refractivity contribution < 1.29 is 0 Å². The number of nitrogens with two attached hydrogens (primary N) is 1. The first-order valence-electron chi connectivity index (χ1n) is 10.0. The average Bonchev–Trinajstić information content (AvgIpc) is 3.15. The average molecular weight is 360 g/mol. The normalized spacial score (nSPS) is 21.7. The van der Waals surface area contributed by atoms with Crippen LogP contribution < -0.4 is 5.73 Å². The molecule has 0 amide bonds. The predicted molar refractivity (Wildman–Crippen MR) is 113 cm³/mol. The molecule has 2 aliphatic rings. The molecule has 0 saturated carbocycles. The fraction of sp³-hybridized carbons (Fsp3) is 0.375. The van der Waals surface area contributed by atoms with Crippen molar-refractivity contribution in [2.75, 3.05) is 6.54 Å². The zero-order valence-electron chi connectivity index (χ0n) is 16.2. The summed E-state index contributed by atoms with van der Waals surface area (Å²) >= 11 is 0. The Morgan fingerprint density at radius 2 is 1.85 bits per heavy atom. The number of pyridine rings is 1. The van der Waals surface area contributed by atoms with E-state index in [0.717, 1.165) is 29.8 Å². The number of benzene rings is 1. The molecule has 1 aliphatic heterocycles. The van der Waals surface area contributed by atoms with Crippen molar-refractivity contribution in [3.63, 3.8) is 0 Å². The molecule has 0 radical (unpaired) electrons. The van der Waals surface area contributed by atoms with Gasteiger partial charge in [-0.3, -0.25) is 4.98 Å². The summed E-state index contributed by atoms with van der Waals surface area (Å²) in [6.07, 6.45) is 9.80. The maximum Gasteiger partial charge on any atom is 0.0542 e. The summed E-state index contributed by atoms with van der Waals surface area (Å²) in [5.74, 6) is 0.660. The van der Waals surface area contributed by atoms with E-state index < -0.39 is 0 Å². The van der Waals surface area contributed by atoms with Gasteiger partial charge in [-0.25, -0.2) is 0 Å². The smallest absolute Gasteiger partial charge is 0.0542 e. The summed E-state index contributed by atoms with van der Waals surface area (Å²) in [6.45, 7) is 11.6. The molecule has 1 aromatic carbocycles. The molecule has 2 atom stereocenters. The summed E-state index contributed by atoms with van der Waals surface area (Å²) in [6, 6.07) is 9.55. The van der Waals surface area contributed by atoms with Crippen molar-refractivity contribution in [2.24, 2.45) is 11.7 Å². The number of aromatic nitrogens is 1. The lowest BCUT2D eigenvalue weighted by Crippen LogP contribution is -2.36. The van der Waals surface area contributed by atoms with Crippen LogP contribution in [0.5, 0.6) is 0 Å². The van der Waals surface area contributed by atoms with Crippen LogP contribution in [0, 0.1) is 5.92 Å². The van der Waals surface area contributed by atoms with Crippen molar-refractivity contribution in [2.45, 2.75) is 45.1 Å². The zero-order chi connectivity index (χ0) is 19.0. The van der Waals surface area contributed by atoms with Crippen LogP contribution in [0.15, 0.2) is 49.8 Å². The highest BCUT2D eigenvalue weighted by atomic mass is 15.2. The standard InChI is InChI=1S/C24H29N3/c1-16-7-10-24(21-9-8-19-5-4-6-20(19)11-21)27(15-16)18(3)23-12-22(17(2)25)13-26-14-23/h8-9,11-14,16,24H,2-7,10,15,25H2,1H3/t16-,24?/m1/s1. The van der Waals surface area contributed by atoms with Crippen LogP contribution in [0.1, 0.15) is 60.0 Å². The van der Waals surface area contributed by atoms with Crippen LogP contribution in [-0.2, 0) is 12.8 Å². The van der Waals surface area contributed by atoms with Crippen LogP contribution in [0.25, 0.3) is 11.4 Å². The molecule has 2 heterocycles. The first-order valence-corrected chi connectivity index (χ1v) is 10.0. The molecule has 2 N–H and O–H groups in total. The Bertz CT molecular complexity index is 883. The van der Waals surface area contributed by atoms with Gasteiger partial charge in [0, 0.05) is 41.5 Å². The third-order valence-corrected chi connectivity index (χ3v) is 6.11. The van der Waals surface area contributed by atoms with Crippen molar-refractivity contribution in [1.29, 1.82) is 0 Å². The number of rotatable bonds is 4. The Labute approximate surface area is 162 Å². The Hall–Kier alpha value is -2.55. The van der Waals surface area contributed by atoms with E-state index in [1.54, 1.807) is 11.8 Å². The van der Waals surface area contributed by atoms with E-state index >= 15 is 0 Å².